The van der Waals surface area contributed by atoms with Gasteiger partial charge in [0.15, 0.2) is 0 Å². The second kappa shape index (κ2) is 7.46. The van der Waals surface area contributed by atoms with Crippen molar-refractivity contribution < 1.29 is 9.53 Å². The number of anilines is 1. The van der Waals surface area contributed by atoms with Crippen molar-refractivity contribution >= 4 is 23.3 Å². The van der Waals surface area contributed by atoms with Crippen molar-refractivity contribution in [3.8, 4) is 5.75 Å². The Labute approximate surface area is 158 Å². The van der Waals surface area contributed by atoms with Gasteiger partial charge < -0.3 is 19.9 Å². The molecule has 2 aromatic rings. The number of ether oxygens (including phenoxy) is 1. The van der Waals surface area contributed by atoms with Crippen molar-refractivity contribution in [1.29, 1.82) is 0 Å². The summed E-state index contributed by atoms with van der Waals surface area (Å²) in [4.78, 5) is 16.7. The molecular formula is C20H22ClN3O2. The van der Waals surface area contributed by atoms with Crippen LogP contribution < -0.4 is 15.0 Å². The lowest BCUT2D eigenvalue weighted by molar-refractivity contribution is 0.178. The molecule has 136 valence electrons. The van der Waals surface area contributed by atoms with Crippen molar-refractivity contribution in [2.24, 2.45) is 0 Å². The standard InChI is InChI=1S/C20H22ClN3O2/c21-16-5-3-6-18(13-16)23-8-10-24(11-9-23)20(25)22-17-12-15-4-1-2-7-19(15)26-14-17/h1-7,13,17H,8-12,14H2,(H,22,25). The van der Waals surface area contributed by atoms with E-state index in [2.05, 4.69) is 22.3 Å². The summed E-state index contributed by atoms with van der Waals surface area (Å²) in [6.45, 7) is 3.52. The summed E-state index contributed by atoms with van der Waals surface area (Å²) >= 11 is 6.07. The number of carbonyl (C=O) groups excluding carboxylic acids is 1. The molecular weight excluding hydrogens is 350 g/mol. The quantitative estimate of drug-likeness (QED) is 0.881. The van der Waals surface area contributed by atoms with Gasteiger partial charge in [0.25, 0.3) is 0 Å². The molecule has 1 N–H and O–H groups in total. The number of nitrogens with one attached hydrogen (secondary N) is 1. The first-order valence-corrected chi connectivity index (χ1v) is 9.33. The maximum absolute atomic E-state index is 12.6. The summed E-state index contributed by atoms with van der Waals surface area (Å²) < 4.78 is 5.76. The minimum atomic E-state index is -0.0104. The van der Waals surface area contributed by atoms with Crippen molar-refractivity contribution in [1.82, 2.24) is 10.2 Å². The third kappa shape index (κ3) is 3.73. The van der Waals surface area contributed by atoms with E-state index in [0.717, 1.165) is 41.5 Å². The first-order valence-electron chi connectivity index (χ1n) is 8.96. The maximum atomic E-state index is 12.6. The number of benzene rings is 2. The zero-order valence-electron chi connectivity index (χ0n) is 14.5. The molecule has 6 heteroatoms. The van der Waals surface area contributed by atoms with Crippen LogP contribution >= 0.6 is 11.6 Å². The Bertz CT molecular complexity index is 790. The van der Waals surface area contributed by atoms with Gasteiger partial charge in [-0.3, -0.25) is 0 Å². The van der Waals surface area contributed by atoms with Crippen LogP contribution in [0.1, 0.15) is 5.56 Å². The molecule has 2 heterocycles. The third-order valence-corrected chi connectivity index (χ3v) is 5.18. The van der Waals surface area contributed by atoms with Crippen LogP contribution in [0.2, 0.25) is 5.02 Å². The highest BCUT2D eigenvalue weighted by Crippen LogP contribution is 2.24. The van der Waals surface area contributed by atoms with E-state index >= 15 is 0 Å². The lowest BCUT2D eigenvalue weighted by Crippen LogP contribution is -2.55. The van der Waals surface area contributed by atoms with Crippen LogP contribution in [0.4, 0.5) is 10.5 Å². The van der Waals surface area contributed by atoms with Gasteiger partial charge in [0.05, 0.1) is 6.04 Å². The second-order valence-electron chi connectivity index (χ2n) is 6.72. The Balaban J connectivity index is 1.30. The average Bonchev–Trinajstić information content (AvgIpc) is 2.68. The van der Waals surface area contributed by atoms with Crippen molar-refractivity contribution in [3.63, 3.8) is 0 Å². The number of rotatable bonds is 2. The number of para-hydroxylation sites is 1. The van der Waals surface area contributed by atoms with Gasteiger partial charge in [-0.1, -0.05) is 35.9 Å². The predicted molar refractivity (Wildman–Crippen MR) is 103 cm³/mol. The van der Waals surface area contributed by atoms with Crippen LogP contribution in [0.25, 0.3) is 0 Å². The number of carbonyl (C=O) groups is 1. The zero-order valence-corrected chi connectivity index (χ0v) is 15.3. The molecule has 0 bridgehead atoms. The normalized spacial score (nSPS) is 19.5. The van der Waals surface area contributed by atoms with E-state index < -0.39 is 0 Å². The molecule has 2 aliphatic rings. The first kappa shape index (κ1) is 17.0. The molecule has 2 aliphatic heterocycles. The van der Waals surface area contributed by atoms with Crippen LogP contribution in [0.15, 0.2) is 48.5 Å². The first-order chi connectivity index (χ1) is 12.7. The number of fused-ring (bicyclic) bond motifs is 1. The van der Waals surface area contributed by atoms with Crippen LogP contribution in [0.5, 0.6) is 5.75 Å². The smallest absolute Gasteiger partial charge is 0.317 e. The molecule has 0 radical (unpaired) electrons. The highest BCUT2D eigenvalue weighted by atomic mass is 35.5. The van der Waals surface area contributed by atoms with Gasteiger partial charge in [-0.2, -0.15) is 0 Å². The summed E-state index contributed by atoms with van der Waals surface area (Å²) in [6.07, 6.45) is 0.810. The van der Waals surface area contributed by atoms with Crippen LogP contribution in [-0.2, 0) is 6.42 Å². The molecule has 2 amide bonds. The highest BCUT2D eigenvalue weighted by molar-refractivity contribution is 6.30. The summed E-state index contributed by atoms with van der Waals surface area (Å²) in [5, 5.41) is 3.85. The monoisotopic (exact) mass is 371 g/mol. The van der Waals surface area contributed by atoms with Crippen molar-refractivity contribution in [2.45, 2.75) is 12.5 Å². The molecule has 1 saturated heterocycles. The van der Waals surface area contributed by atoms with E-state index in [4.69, 9.17) is 16.3 Å². The molecule has 0 spiro atoms. The summed E-state index contributed by atoms with van der Waals surface area (Å²) in [5.74, 6) is 0.924. The Morgan fingerprint density at radius 2 is 1.88 bits per heavy atom. The number of halogens is 1. The number of hydrogen-bond donors (Lipinski definition) is 1. The van der Waals surface area contributed by atoms with Gasteiger partial charge in [0.1, 0.15) is 12.4 Å². The van der Waals surface area contributed by atoms with Crippen LogP contribution in [0, 0.1) is 0 Å². The number of urea groups is 1. The van der Waals surface area contributed by atoms with Gasteiger partial charge >= 0.3 is 6.03 Å². The fourth-order valence-electron chi connectivity index (χ4n) is 3.53. The summed E-state index contributed by atoms with van der Waals surface area (Å²) in [7, 11) is 0. The molecule has 1 fully saturated rings. The van der Waals surface area contributed by atoms with E-state index in [1.807, 2.05) is 41.3 Å². The topological polar surface area (TPSA) is 44.8 Å². The lowest BCUT2D eigenvalue weighted by atomic mass is 10.0. The molecule has 26 heavy (non-hydrogen) atoms. The molecule has 4 rings (SSSR count). The lowest BCUT2D eigenvalue weighted by Gasteiger charge is -2.37. The summed E-state index contributed by atoms with van der Waals surface area (Å²) in [6, 6.07) is 15.9. The van der Waals surface area contributed by atoms with Gasteiger partial charge in [-0.15, -0.1) is 0 Å². The third-order valence-electron chi connectivity index (χ3n) is 4.95. The molecule has 5 nitrogen and oxygen atoms in total. The van der Waals surface area contributed by atoms with Gasteiger partial charge in [-0.25, -0.2) is 4.79 Å². The number of nitrogens with zero attached hydrogens (tertiary/aromatic N) is 2. The Morgan fingerprint density at radius 3 is 2.69 bits per heavy atom. The fraction of sp³-hybridized carbons (Fsp3) is 0.350. The van der Waals surface area contributed by atoms with E-state index in [9.17, 15) is 4.79 Å². The van der Waals surface area contributed by atoms with Crippen molar-refractivity contribution in [3.05, 3.63) is 59.1 Å². The summed E-state index contributed by atoms with van der Waals surface area (Å²) in [5.41, 5.74) is 2.25. The number of amides is 2. The number of piperazine rings is 1. The Hall–Kier alpha value is -2.40. The molecule has 1 unspecified atom stereocenters. The van der Waals surface area contributed by atoms with E-state index in [1.54, 1.807) is 0 Å². The van der Waals surface area contributed by atoms with E-state index in [1.165, 1.54) is 0 Å². The van der Waals surface area contributed by atoms with Gasteiger partial charge in [0.2, 0.25) is 0 Å². The van der Waals surface area contributed by atoms with Gasteiger partial charge in [-0.05, 0) is 36.2 Å². The predicted octanol–water partition coefficient (Wildman–Crippen LogP) is 3.18. The number of hydrogen-bond acceptors (Lipinski definition) is 3. The van der Waals surface area contributed by atoms with Crippen molar-refractivity contribution in [2.75, 3.05) is 37.7 Å². The van der Waals surface area contributed by atoms with E-state index in [0.29, 0.717) is 19.7 Å². The zero-order chi connectivity index (χ0) is 17.9. The average molecular weight is 372 g/mol. The molecule has 2 aromatic carbocycles. The SMILES string of the molecule is O=C(NC1COc2ccccc2C1)N1CCN(c2cccc(Cl)c2)CC1. The Morgan fingerprint density at radius 1 is 1.08 bits per heavy atom. The largest absolute Gasteiger partial charge is 0.491 e. The molecule has 1 atom stereocenters. The van der Waals surface area contributed by atoms with E-state index in [-0.39, 0.29) is 12.1 Å². The Kier molecular flexibility index (Phi) is 4.89. The molecule has 0 aromatic heterocycles. The van der Waals surface area contributed by atoms with Gasteiger partial charge in [0, 0.05) is 36.9 Å². The molecule has 0 saturated carbocycles. The minimum Gasteiger partial charge on any atom is -0.491 e. The highest BCUT2D eigenvalue weighted by Gasteiger charge is 2.26. The maximum Gasteiger partial charge on any atom is 0.317 e. The molecule has 0 aliphatic carbocycles. The minimum absolute atomic E-state index is 0.0104. The second-order valence-corrected chi connectivity index (χ2v) is 7.16. The fourth-order valence-corrected chi connectivity index (χ4v) is 3.71. The van der Waals surface area contributed by atoms with Crippen LogP contribution in [-0.4, -0.2) is 49.8 Å². The van der Waals surface area contributed by atoms with Crippen LogP contribution in [0.3, 0.4) is 0 Å².